The number of carbonyl (C=O) groups excluding carboxylic acids is 1. The Balaban J connectivity index is 1.60. The molecular weight excluding hydrogens is 487 g/mol. The number of hydrazone groups is 1. The van der Waals surface area contributed by atoms with Gasteiger partial charge in [0, 0.05) is 27.0 Å². The summed E-state index contributed by atoms with van der Waals surface area (Å²) in [5, 5.41) is 7.44. The number of carbonyl (C=O) groups is 1. The minimum atomic E-state index is -0.913. The Hall–Kier alpha value is -2.34. The van der Waals surface area contributed by atoms with Gasteiger partial charge in [-0.3, -0.25) is 4.79 Å². The van der Waals surface area contributed by atoms with E-state index in [1.165, 1.54) is 0 Å². The summed E-state index contributed by atoms with van der Waals surface area (Å²) >= 11 is 16.1. The summed E-state index contributed by atoms with van der Waals surface area (Å²) in [7, 11) is 0. The van der Waals surface area contributed by atoms with Crippen LogP contribution in [0, 0.1) is 0 Å². The Kier molecular flexibility index (Phi) is 5.05. The van der Waals surface area contributed by atoms with Gasteiger partial charge in [-0.05, 0) is 29.8 Å². The highest BCUT2D eigenvalue weighted by molar-refractivity contribution is 9.10. The van der Waals surface area contributed by atoms with Crippen molar-refractivity contribution in [3.63, 3.8) is 0 Å². The third-order valence-corrected chi connectivity index (χ3v) is 6.30. The number of halogens is 3. The van der Waals surface area contributed by atoms with Crippen LogP contribution in [0.25, 0.3) is 0 Å². The van der Waals surface area contributed by atoms with Crippen molar-refractivity contribution < 1.29 is 9.53 Å². The fourth-order valence-electron chi connectivity index (χ4n) is 3.85. The number of ether oxygens (including phenoxy) is 1. The highest BCUT2D eigenvalue weighted by Gasteiger charge is 2.44. The SMILES string of the molecule is O=C(c1ccc(Br)cc1)C1Oc2c(Cl)cc(Cl)cc2C2CC(c3ccccc3)=NN12. The Morgan fingerprint density at radius 1 is 1.07 bits per heavy atom. The molecule has 5 rings (SSSR count). The molecule has 150 valence electrons. The highest BCUT2D eigenvalue weighted by Crippen LogP contribution is 2.47. The molecule has 2 aliphatic rings. The second kappa shape index (κ2) is 7.73. The predicted octanol–water partition coefficient (Wildman–Crippen LogP) is 6.51. The van der Waals surface area contributed by atoms with Gasteiger partial charge in [-0.15, -0.1) is 0 Å². The zero-order valence-electron chi connectivity index (χ0n) is 15.6. The third-order valence-electron chi connectivity index (χ3n) is 5.27. The van der Waals surface area contributed by atoms with E-state index in [0.717, 1.165) is 21.3 Å². The van der Waals surface area contributed by atoms with E-state index >= 15 is 0 Å². The van der Waals surface area contributed by atoms with Gasteiger partial charge >= 0.3 is 0 Å². The first-order valence-corrected chi connectivity index (χ1v) is 10.9. The van der Waals surface area contributed by atoms with Gasteiger partial charge in [0.15, 0.2) is 0 Å². The number of fused-ring (bicyclic) bond motifs is 3. The van der Waals surface area contributed by atoms with Gasteiger partial charge in [-0.1, -0.05) is 81.6 Å². The molecule has 0 amide bonds. The Labute approximate surface area is 192 Å². The summed E-state index contributed by atoms with van der Waals surface area (Å²) in [5.74, 6) is 0.310. The van der Waals surface area contributed by atoms with E-state index in [2.05, 4.69) is 15.9 Å². The maximum Gasteiger partial charge on any atom is 0.251 e. The van der Waals surface area contributed by atoms with Crippen molar-refractivity contribution in [2.75, 3.05) is 0 Å². The molecule has 2 aliphatic heterocycles. The van der Waals surface area contributed by atoms with Crippen molar-refractivity contribution in [1.82, 2.24) is 5.01 Å². The molecule has 0 N–H and O–H groups in total. The van der Waals surface area contributed by atoms with Gasteiger partial charge in [0.1, 0.15) is 5.75 Å². The van der Waals surface area contributed by atoms with Crippen LogP contribution >= 0.6 is 39.1 Å². The number of hydrogen-bond acceptors (Lipinski definition) is 4. The van der Waals surface area contributed by atoms with Crippen LogP contribution in [0.1, 0.15) is 33.9 Å². The minimum absolute atomic E-state index is 0.178. The largest absolute Gasteiger partial charge is 0.459 e. The average Bonchev–Trinajstić information content (AvgIpc) is 3.20. The second-order valence-electron chi connectivity index (χ2n) is 7.16. The molecule has 3 aromatic carbocycles. The second-order valence-corrected chi connectivity index (χ2v) is 8.92. The fourth-order valence-corrected chi connectivity index (χ4v) is 4.67. The molecule has 0 aromatic heterocycles. The van der Waals surface area contributed by atoms with Gasteiger partial charge in [-0.25, -0.2) is 5.01 Å². The quantitative estimate of drug-likeness (QED) is 0.384. The zero-order valence-corrected chi connectivity index (χ0v) is 18.7. The number of benzene rings is 3. The first-order valence-electron chi connectivity index (χ1n) is 9.38. The zero-order chi connectivity index (χ0) is 20.8. The smallest absolute Gasteiger partial charge is 0.251 e. The van der Waals surface area contributed by atoms with Gasteiger partial charge < -0.3 is 4.74 Å². The maximum atomic E-state index is 13.4. The first kappa shape index (κ1) is 19.6. The van der Waals surface area contributed by atoms with Crippen LogP contribution in [0.15, 0.2) is 76.3 Å². The van der Waals surface area contributed by atoms with Crippen LogP contribution in [0.4, 0.5) is 0 Å². The van der Waals surface area contributed by atoms with Crippen LogP contribution in [0.5, 0.6) is 5.75 Å². The van der Waals surface area contributed by atoms with E-state index in [1.54, 1.807) is 23.2 Å². The lowest BCUT2D eigenvalue weighted by Crippen LogP contribution is -2.46. The molecule has 0 fully saturated rings. The van der Waals surface area contributed by atoms with Crippen LogP contribution < -0.4 is 4.74 Å². The molecule has 4 nitrogen and oxygen atoms in total. The number of ketones is 1. The Bertz CT molecular complexity index is 1170. The third kappa shape index (κ3) is 3.41. The molecule has 0 saturated carbocycles. The summed E-state index contributed by atoms with van der Waals surface area (Å²) in [6.07, 6.45) is -0.287. The summed E-state index contributed by atoms with van der Waals surface area (Å²) in [6.45, 7) is 0. The fraction of sp³-hybridized carbons (Fsp3) is 0.130. The van der Waals surface area contributed by atoms with Crippen LogP contribution in [0.2, 0.25) is 10.0 Å². The number of Topliss-reactive ketones (excluding diaryl/α,β-unsaturated/α-hetero) is 1. The van der Waals surface area contributed by atoms with Crippen molar-refractivity contribution in [1.29, 1.82) is 0 Å². The lowest BCUT2D eigenvalue weighted by atomic mass is 9.95. The van der Waals surface area contributed by atoms with Crippen molar-refractivity contribution in [2.24, 2.45) is 5.10 Å². The molecule has 0 spiro atoms. The van der Waals surface area contributed by atoms with Crippen LogP contribution in [-0.2, 0) is 0 Å². The molecule has 2 heterocycles. The molecule has 2 unspecified atom stereocenters. The summed E-state index contributed by atoms with van der Waals surface area (Å²) < 4.78 is 7.03. The maximum absolute atomic E-state index is 13.4. The number of nitrogens with zero attached hydrogens (tertiary/aromatic N) is 2. The molecule has 0 bridgehead atoms. The predicted molar refractivity (Wildman–Crippen MR) is 122 cm³/mol. The average molecular weight is 502 g/mol. The highest BCUT2D eigenvalue weighted by atomic mass is 79.9. The van der Waals surface area contributed by atoms with Gasteiger partial charge in [-0.2, -0.15) is 5.10 Å². The van der Waals surface area contributed by atoms with Gasteiger partial charge in [0.25, 0.3) is 6.23 Å². The first-order chi connectivity index (χ1) is 14.5. The Morgan fingerprint density at radius 2 is 1.80 bits per heavy atom. The molecule has 7 heteroatoms. The van der Waals surface area contributed by atoms with Crippen LogP contribution in [-0.4, -0.2) is 22.7 Å². The monoisotopic (exact) mass is 500 g/mol. The minimum Gasteiger partial charge on any atom is -0.459 e. The van der Waals surface area contributed by atoms with Crippen molar-refractivity contribution in [3.05, 3.63) is 97.9 Å². The van der Waals surface area contributed by atoms with Gasteiger partial charge in [0.2, 0.25) is 5.78 Å². The van der Waals surface area contributed by atoms with Crippen molar-refractivity contribution >= 4 is 50.6 Å². The van der Waals surface area contributed by atoms with E-state index in [4.69, 9.17) is 33.0 Å². The molecule has 30 heavy (non-hydrogen) atoms. The topological polar surface area (TPSA) is 41.9 Å². The summed E-state index contributed by atoms with van der Waals surface area (Å²) in [4.78, 5) is 13.4. The van der Waals surface area contributed by atoms with E-state index in [9.17, 15) is 4.79 Å². The van der Waals surface area contributed by atoms with E-state index < -0.39 is 6.23 Å². The Morgan fingerprint density at radius 3 is 2.53 bits per heavy atom. The summed E-state index contributed by atoms with van der Waals surface area (Å²) in [6, 6.07) is 20.4. The van der Waals surface area contributed by atoms with Crippen molar-refractivity contribution in [3.8, 4) is 5.75 Å². The molecule has 0 aliphatic carbocycles. The van der Waals surface area contributed by atoms with E-state index in [-0.39, 0.29) is 11.8 Å². The van der Waals surface area contributed by atoms with E-state index in [1.807, 2.05) is 48.5 Å². The standard InChI is InChI=1S/C23H15BrCl2N2O2/c24-15-8-6-14(7-9-15)21(29)23-28-20(12-19(27-28)13-4-2-1-3-5-13)17-10-16(25)11-18(26)22(17)30-23/h1-11,20,23H,12H2. The normalized spacial score (nSPS) is 19.6. The van der Waals surface area contributed by atoms with Crippen LogP contribution in [0.3, 0.4) is 0 Å². The van der Waals surface area contributed by atoms with Gasteiger partial charge in [0.05, 0.1) is 16.8 Å². The summed E-state index contributed by atoms with van der Waals surface area (Å²) in [5.41, 5.74) is 3.28. The number of rotatable bonds is 3. The van der Waals surface area contributed by atoms with E-state index in [0.29, 0.717) is 27.8 Å². The lowest BCUT2D eigenvalue weighted by molar-refractivity contribution is -0.00448. The molecule has 0 radical (unpaired) electrons. The lowest BCUT2D eigenvalue weighted by Gasteiger charge is -2.37. The number of hydrogen-bond donors (Lipinski definition) is 0. The molecule has 0 saturated heterocycles. The molecular formula is C23H15BrCl2N2O2. The van der Waals surface area contributed by atoms with Crippen molar-refractivity contribution in [2.45, 2.75) is 18.7 Å². The molecule has 3 aromatic rings. The molecule has 2 atom stereocenters.